The first-order valence-corrected chi connectivity index (χ1v) is 17.4. The molecule has 0 aliphatic carbocycles. The van der Waals surface area contributed by atoms with Gasteiger partial charge in [-0.1, -0.05) is 63.3 Å². The fourth-order valence-electron chi connectivity index (χ4n) is 4.49. The summed E-state index contributed by atoms with van der Waals surface area (Å²) < 4.78 is 29.7. The molecule has 0 unspecified atom stereocenters. The summed E-state index contributed by atoms with van der Waals surface area (Å²) >= 11 is 0. The van der Waals surface area contributed by atoms with Crippen LogP contribution in [0.25, 0.3) is 0 Å². The van der Waals surface area contributed by atoms with E-state index in [1.807, 2.05) is 69.3 Å². The maximum Gasteiger partial charge on any atom is 0.415 e. The second-order valence-corrected chi connectivity index (χ2v) is 18.0. The van der Waals surface area contributed by atoms with Gasteiger partial charge in [-0.25, -0.2) is 4.79 Å². The van der Waals surface area contributed by atoms with Crippen molar-refractivity contribution in [2.75, 3.05) is 32.0 Å². The Labute approximate surface area is 252 Å². The number of phenols is 1. The van der Waals surface area contributed by atoms with Crippen LogP contribution in [0.5, 0.6) is 5.75 Å². The average Bonchev–Trinajstić information content (AvgIpc) is 2.87. The molecule has 42 heavy (non-hydrogen) atoms. The van der Waals surface area contributed by atoms with Crippen LogP contribution in [0.2, 0.25) is 18.1 Å². The highest BCUT2D eigenvalue weighted by atomic mass is 28.4. The predicted octanol–water partition coefficient (Wildman–Crippen LogP) is 7.51. The predicted molar refractivity (Wildman–Crippen MR) is 168 cm³/mol. The lowest BCUT2D eigenvalue weighted by Crippen LogP contribution is -2.46. The minimum absolute atomic E-state index is 0.0331. The van der Waals surface area contributed by atoms with E-state index in [0.29, 0.717) is 23.4 Å². The van der Waals surface area contributed by atoms with Crippen LogP contribution in [-0.2, 0) is 36.6 Å². The number of hydrogen-bond donors (Lipinski definition) is 1. The third kappa shape index (κ3) is 9.15. The smallest absolute Gasteiger partial charge is 0.415 e. The third-order valence-electron chi connectivity index (χ3n) is 7.60. The molecule has 1 amide bonds. The van der Waals surface area contributed by atoms with Gasteiger partial charge in [0.1, 0.15) is 18.1 Å². The molecule has 1 aliphatic rings. The van der Waals surface area contributed by atoms with Gasteiger partial charge in [0.25, 0.3) is 0 Å². The molecule has 1 heterocycles. The molecule has 3 rings (SSSR count). The van der Waals surface area contributed by atoms with Crippen LogP contribution < -0.4 is 4.90 Å². The van der Waals surface area contributed by atoms with Crippen molar-refractivity contribution in [1.82, 2.24) is 0 Å². The van der Waals surface area contributed by atoms with Gasteiger partial charge in [-0.3, -0.25) is 4.90 Å². The van der Waals surface area contributed by atoms with Gasteiger partial charge in [-0.05, 0) is 62.2 Å². The summed E-state index contributed by atoms with van der Waals surface area (Å²) in [7, 11) is -0.693. The van der Waals surface area contributed by atoms with E-state index in [9.17, 15) is 9.90 Å². The van der Waals surface area contributed by atoms with E-state index >= 15 is 0 Å². The number of carbonyl (C=O) groups is 1. The molecule has 0 saturated heterocycles. The number of hydrogen-bond acceptors (Lipinski definition) is 7. The molecule has 2 aromatic rings. The van der Waals surface area contributed by atoms with Gasteiger partial charge >= 0.3 is 6.09 Å². The highest BCUT2D eigenvalue weighted by molar-refractivity contribution is 6.74. The SMILES string of the molecule is COCOCc1cc(O)c2c(c1)N(C(=O)OC(C)(C)C)C/C=C\[C@H](O[Si](C)(C)C(C)(C)C)[C@H]2COCc1ccccc1. The largest absolute Gasteiger partial charge is 0.508 e. The number of anilines is 1. The van der Waals surface area contributed by atoms with Gasteiger partial charge in [-0.2, -0.15) is 0 Å². The number of aromatic hydroxyl groups is 1. The summed E-state index contributed by atoms with van der Waals surface area (Å²) in [5.41, 5.74) is 2.18. The van der Waals surface area contributed by atoms with Crippen LogP contribution in [0.4, 0.5) is 10.5 Å². The van der Waals surface area contributed by atoms with Crippen molar-refractivity contribution < 1.29 is 33.3 Å². The second kappa shape index (κ2) is 14.2. The quantitative estimate of drug-likeness (QED) is 0.131. The Morgan fingerprint density at radius 2 is 1.67 bits per heavy atom. The zero-order valence-electron chi connectivity index (χ0n) is 26.7. The number of methoxy groups -OCH3 is 1. The van der Waals surface area contributed by atoms with E-state index in [2.05, 4.69) is 33.9 Å². The summed E-state index contributed by atoms with van der Waals surface area (Å²) in [5.74, 6) is -0.363. The number of rotatable bonds is 10. The Balaban J connectivity index is 2.13. The highest BCUT2D eigenvalue weighted by Crippen LogP contribution is 2.44. The summed E-state index contributed by atoms with van der Waals surface area (Å²) in [5, 5.41) is 11.6. The van der Waals surface area contributed by atoms with Crippen LogP contribution in [0.3, 0.4) is 0 Å². The number of phenolic OH excluding ortho intramolecular Hbond substituents is 1. The fourth-order valence-corrected chi connectivity index (χ4v) is 5.77. The molecular formula is C33H49NO7Si. The molecule has 0 radical (unpaired) electrons. The van der Waals surface area contributed by atoms with Crippen molar-refractivity contribution in [1.29, 1.82) is 0 Å². The number of amides is 1. The first-order valence-electron chi connectivity index (χ1n) is 14.5. The monoisotopic (exact) mass is 599 g/mol. The lowest BCUT2D eigenvalue weighted by atomic mass is 9.89. The molecule has 9 heteroatoms. The molecule has 1 aliphatic heterocycles. The fraction of sp³-hybridized carbons (Fsp3) is 0.545. The standard InChI is InChI=1S/C33H49NO7Si/c1-32(2,3)40-31(36)34-17-13-16-29(41-42(8,9)33(4,5)6)26(22-38-20-24-14-11-10-12-15-24)30-27(34)18-25(19-28(30)35)21-39-23-37-7/h10-16,18-19,26,29,35H,17,20-23H2,1-9H3/b16-13-/t26-,29+/m1/s1. The molecule has 0 fully saturated rings. The van der Waals surface area contributed by atoms with E-state index in [4.69, 9.17) is 23.4 Å². The first-order chi connectivity index (χ1) is 19.6. The van der Waals surface area contributed by atoms with E-state index in [0.717, 1.165) is 5.56 Å². The number of ether oxygens (including phenoxy) is 4. The van der Waals surface area contributed by atoms with Gasteiger partial charge in [0.15, 0.2) is 8.32 Å². The second-order valence-electron chi connectivity index (χ2n) is 13.3. The van der Waals surface area contributed by atoms with E-state index in [-0.39, 0.29) is 43.4 Å². The van der Waals surface area contributed by atoms with Crippen LogP contribution in [0.15, 0.2) is 54.6 Å². The molecule has 0 saturated carbocycles. The maximum atomic E-state index is 13.6. The average molecular weight is 600 g/mol. The van der Waals surface area contributed by atoms with Crippen LogP contribution in [-0.4, -0.2) is 58.3 Å². The van der Waals surface area contributed by atoms with E-state index < -0.39 is 25.9 Å². The Morgan fingerprint density at radius 1 is 1.00 bits per heavy atom. The van der Waals surface area contributed by atoms with Gasteiger partial charge < -0.3 is 28.5 Å². The first kappa shape index (κ1) is 33.8. The van der Waals surface area contributed by atoms with Crippen molar-refractivity contribution in [2.45, 2.75) is 90.5 Å². The molecule has 2 atom stereocenters. The van der Waals surface area contributed by atoms with E-state index in [1.54, 1.807) is 18.1 Å². The topological polar surface area (TPSA) is 86.7 Å². The van der Waals surface area contributed by atoms with E-state index in [1.165, 1.54) is 0 Å². The number of carbonyl (C=O) groups excluding carboxylic acids is 1. The molecule has 232 valence electrons. The van der Waals surface area contributed by atoms with Gasteiger partial charge in [0, 0.05) is 25.1 Å². The summed E-state index contributed by atoms with van der Waals surface area (Å²) in [6, 6.07) is 13.5. The number of benzene rings is 2. The normalized spacial score (nSPS) is 18.6. The molecule has 0 bridgehead atoms. The Morgan fingerprint density at radius 3 is 2.29 bits per heavy atom. The van der Waals surface area contributed by atoms with Crippen molar-refractivity contribution in [3.8, 4) is 5.75 Å². The zero-order valence-corrected chi connectivity index (χ0v) is 27.7. The molecule has 2 aromatic carbocycles. The number of fused-ring (bicyclic) bond motifs is 1. The van der Waals surface area contributed by atoms with Gasteiger partial charge in [0.2, 0.25) is 0 Å². The Kier molecular flexibility index (Phi) is 11.4. The van der Waals surface area contributed by atoms with Crippen molar-refractivity contribution in [3.05, 3.63) is 71.3 Å². The van der Waals surface area contributed by atoms with Crippen LogP contribution in [0, 0.1) is 0 Å². The highest BCUT2D eigenvalue weighted by Gasteiger charge is 2.42. The summed E-state index contributed by atoms with van der Waals surface area (Å²) in [6.45, 7) is 17.8. The van der Waals surface area contributed by atoms with Crippen molar-refractivity contribution >= 4 is 20.1 Å². The zero-order chi connectivity index (χ0) is 31.1. The molecule has 1 N–H and O–H groups in total. The minimum Gasteiger partial charge on any atom is -0.508 e. The Bertz CT molecular complexity index is 1200. The number of nitrogens with zero attached hydrogens (tertiary/aromatic N) is 1. The molecule has 0 aromatic heterocycles. The van der Waals surface area contributed by atoms with Crippen molar-refractivity contribution in [2.24, 2.45) is 0 Å². The third-order valence-corrected chi connectivity index (χ3v) is 12.1. The molecule has 8 nitrogen and oxygen atoms in total. The van der Waals surface area contributed by atoms with Crippen LogP contribution in [0.1, 0.15) is 64.2 Å². The van der Waals surface area contributed by atoms with Gasteiger partial charge in [0.05, 0.1) is 31.6 Å². The van der Waals surface area contributed by atoms with Gasteiger partial charge in [-0.15, -0.1) is 0 Å². The molecule has 0 spiro atoms. The lowest BCUT2D eigenvalue weighted by molar-refractivity contribution is -0.0391. The maximum absolute atomic E-state index is 13.6. The Hall–Kier alpha value is -2.69. The summed E-state index contributed by atoms with van der Waals surface area (Å²) in [6.07, 6.45) is 3.06. The van der Waals surface area contributed by atoms with Crippen molar-refractivity contribution in [3.63, 3.8) is 0 Å². The minimum atomic E-state index is -2.25. The van der Waals surface area contributed by atoms with Crippen LogP contribution >= 0.6 is 0 Å². The molecular weight excluding hydrogens is 550 g/mol. The lowest BCUT2D eigenvalue weighted by Gasteiger charge is -2.42. The summed E-state index contributed by atoms with van der Waals surface area (Å²) in [4.78, 5) is 15.1.